The Labute approximate surface area is 71.8 Å². The molecule has 1 atom stereocenters. The Kier molecular flexibility index (Phi) is 2.34. The summed E-state index contributed by atoms with van der Waals surface area (Å²) in [6.07, 6.45) is 1.85. The molecular formula is C9H11N2O. The van der Waals surface area contributed by atoms with Gasteiger partial charge in [-0.2, -0.15) is 0 Å². The Morgan fingerprint density at radius 1 is 1.67 bits per heavy atom. The number of nitrogens with zero attached hydrogens (tertiary/aromatic N) is 1. The van der Waals surface area contributed by atoms with Crippen LogP contribution in [-0.4, -0.2) is 24.7 Å². The zero-order valence-corrected chi connectivity index (χ0v) is 6.79. The summed E-state index contributed by atoms with van der Waals surface area (Å²) in [5, 5.41) is 3.25. The minimum absolute atomic E-state index is 0.0833. The van der Waals surface area contributed by atoms with Crippen molar-refractivity contribution < 1.29 is 4.74 Å². The number of nitrogens with one attached hydrogen (secondary N) is 1. The van der Waals surface area contributed by atoms with Gasteiger partial charge in [0.25, 0.3) is 0 Å². The Bertz CT molecular complexity index is 232. The smallest absolute Gasteiger partial charge is 0.112 e. The maximum absolute atomic E-state index is 5.51. The summed E-state index contributed by atoms with van der Waals surface area (Å²) >= 11 is 0. The molecular weight excluding hydrogens is 152 g/mol. The van der Waals surface area contributed by atoms with Crippen LogP contribution < -0.4 is 5.32 Å². The quantitative estimate of drug-likeness (QED) is 0.656. The molecule has 1 aromatic rings. The summed E-state index contributed by atoms with van der Waals surface area (Å²) in [6, 6.07) is 6.78. The second-order valence-corrected chi connectivity index (χ2v) is 2.73. The first-order valence-electron chi connectivity index (χ1n) is 4.12. The number of aromatic nitrogens is 1. The summed E-state index contributed by atoms with van der Waals surface area (Å²) in [4.78, 5) is 4.18. The van der Waals surface area contributed by atoms with Crippen molar-refractivity contribution in [1.82, 2.24) is 10.3 Å². The molecule has 1 unspecified atom stereocenters. The molecule has 12 heavy (non-hydrogen) atoms. The van der Waals surface area contributed by atoms with Crippen LogP contribution in [0.25, 0.3) is 0 Å². The molecule has 1 aliphatic rings. The Morgan fingerprint density at radius 2 is 2.67 bits per heavy atom. The molecule has 1 N–H and O–H groups in total. The van der Waals surface area contributed by atoms with Crippen molar-refractivity contribution in [3.05, 3.63) is 30.1 Å². The minimum Gasteiger partial charge on any atom is -0.369 e. The molecule has 3 nitrogen and oxygen atoms in total. The zero-order chi connectivity index (χ0) is 8.23. The molecule has 0 bridgehead atoms. The number of hydrogen-bond acceptors (Lipinski definition) is 3. The Balaban J connectivity index is 2.08. The second-order valence-electron chi connectivity index (χ2n) is 2.73. The molecule has 0 saturated carbocycles. The second kappa shape index (κ2) is 3.65. The number of morpholine rings is 1. The average Bonchev–Trinajstić information content (AvgIpc) is 2.21. The highest BCUT2D eigenvalue weighted by atomic mass is 16.5. The van der Waals surface area contributed by atoms with Gasteiger partial charge in [-0.1, -0.05) is 6.07 Å². The van der Waals surface area contributed by atoms with E-state index in [-0.39, 0.29) is 6.10 Å². The van der Waals surface area contributed by atoms with E-state index in [0.29, 0.717) is 0 Å². The third kappa shape index (κ3) is 1.62. The molecule has 1 aliphatic heterocycles. The lowest BCUT2D eigenvalue weighted by Crippen LogP contribution is -2.33. The van der Waals surface area contributed by atoms with Gasteiger partial charge in [0.05, 0.1) is 12.3 Å². The summed E-state index contributed by atoms with van der Waals surface area (Å²) < 4.78 is 5.51. The van der Waals surface area contributed by atoms with Gasteiger partial charge in [0.2, 0.25) is 0 Å². The van der Waals surface area contributed by atoms with Crippen LogP contribution in [0.3, 0.4) is 0 Å². The van der Waals surface area contributed by atoms with Gasteiger partial charge in [0, 0.05) is 25.4 Å². The van der Waals surface area contributed by atoms with E-state index in [0.717, 1.165) is 25.4 Å². The fourth-order valence-electron chi connectivity index (χ4n) is 1.25. The van der Waals surface area contributed by atoms with Crippen molar-refractivity contribution in [1.29, 1.82) is 0 Å². The molecule has 1 fully saturated rings. The third-order valence-corrected chi connectivity index (χ3v) is 1.86. The van der Waals surface area contributed by atoms with E-state index in [1.807, 2.05) is 12.1 Å². The van der Waals surface area contributed by atoms with Crippen molar-refractivity contribution in [2.45, 2.75) is 6.10 Å². The maximum atomic E-state index is 5.51. The molecule has 0 amide bonds. The van der Waals surface area contributed by atoms with Crippen LogP contribution in [0.2, 0.25) is 0 Å². The first-order valence-corrected chi connectivity index (χ1v) is 4.12. The van der Waals surface area contributed by atoms with Gasteiger partial charge in [0.1, 0.15) is 6.10 Å². The first-order chi connectivity index (χ1) is 5.97. The van der Waals surface area contributed by atoms with Crippen molar-refractivity contribution >= 4 is 0 Å². The number of hydrogen-bond donors (Lipinski definition) is 1. The summed E-state index contributed by atoms with van der Waals surface area (Å²) in [5.41, 5.74) is 0.893. The molecule has 2 rings (SSSR count). The van der Waals surface area contributed by atoms with Crippen LogP contribution in [0.15, 0.2) is 18.3 Å². The van der Waals surface area contributed by atoms with Crippen molar-refractivity contribution in [2.24, 2.45) is 0 Å². The highest BCUT2D eigenvalue weighted by Crippen LogP contribution is 2.14. The van der Waals surface area contributed by atoms with Gasteiger partial charge in [-0.3, -0.25) is 4.98 Å². The van der Waals surface area contributed by atoms with E-state index in [4.69, 9.17) is 4.74 Å². The van der Waals surface area contributed by atoms with Crippen LogP contribution in [0.4, 0.5) is 0 Å². The van der Waals surface area contributed by atoms with Crippen molar-refractivity contribution in [3.63, 3.8) is 0 Å². The normalized spacial score (nSPS) is 23.8. The highest BCUT2D eigenvalue weighted by Gasteiger charge is 2.15. The predicted octanol–water partition coefficient (Wildman–Crippen LogP) is 0.543. The van der Waals surface area contributed by atoms with E-state index in [9.17, 15) is 0 Å². The third-order valence-electron chi connectivity index (χ3n) is 1.86. The number of pyridine rings is 1. The molecule has 2 heterocycles. The largest absolute Gasteiger partial charge is 0.369 e. The van der Waals surface area contributed by atoms with Gasteiger partial charge >= 0.3 is 0 Å². The lowest BCUT2D eigenvalue weighted by molar-refractivity contribution is 0.0248. The monoisotopic (exact) mass is 163 g/mol. The SMILES string of the molecule is [c]1cccnc1C1CNCCO1. The van der Waals surface area contributed by atoms with E-state index in [1.54, 1.807) is 6.20 Å². The van der Waals surface area contributed by atoms with Crippen molar-refractivity contribution in [2.75, 3.05) is 19.7 Å². The molecule has 0 spiro atoms. The van der Waals surface area contributed by atoms with E-state index in [2.05, 4.69) is 16.4 Å². The van der Waals surface area contributed by atoms with Crippen LogP contribution in [0.5, 0.6) is 0 Å². The summed E-state index contributed by atoms with van der Waals surface area (Å²) in [5.74, 6) is 0. The van der Waals surface area contributed by atoms with Gasteiger partial charge in [-0.15, -0.1) is 0 Å². The van der Waals surface area contributed by atoms with Gasteiger partial charge in [-0.25, -0.2) is 0 Å². The fourth-order valence-corrected chi connectivity index (χ4v) is 1.25. The molecule has 1 saturated heterocycles. The topological polar surface area (TPSA) is 34.2 Å². The maximum Gasteiger partial charge on any atom is 0.112 e. The number of ether oxygens (including phenoxy) is 1. The van der Waals surface area contributed by atoms with E-state index in [1.165, 1.54) is 0 Å². The molecule has 1 aromatic heterocycles. The van der Waals surface area contributed by atoms with Crippen molar-refractivity contribution in [3.8, 4) is 0 Å². The lowest BCUT2D eigenvalue weighted by atomic mass is 10.2. The average molecular weight is 163 g/mol. The van der Waals surface area contributed by atoms with Crippen LogP contribution in [0.1, 0.15) is 11.8 Å². The lowest BCUT2D eigenvalue weighted by Gasteiger charge is -2.22. The van der Waals surface area contributed by atoms with Crippen LogP contribution in [-0.2, 0) is 4.74 Å². The number of rotatable bonds is 1. The standard InChI is InChI=1S/C9H11N2O/c1-2-4-11-8(3-1)9-7-10-5-6-12-9/h1-2,4,9-10H,5-7H2. The zero-order valence-electron chi connectivity index (χ0n) is 6.79. The van der Waals surface area contributed by atoms with Gasteiger partial charge in [0.15, 0.2) is 0 Å². The molecule has 1 radical (unpaired) electrons. The minimum atomic E-state index is 0.0833. The van der Waals surface area contributed by atoms with E-state index < -0.39 is 0 Å². The molecule has 0 aromatic carbocycles. The van der Waals surface area contributed by atoms with Gasteiger partial charge in [-0.05, 0) is 6.07 Å². The Hall–Kier alpha value is -0.930. The summed E-state index contributed by atoms with van der Waals surface area (Å²) in [6.45, 7) is 2.53. The molecule has 3 heteroatoms. The van der Waals surface area contributed by atoms with Crippen LogP contribution in [0, 0.1) is 6.07 Å². The molecule has 63 valence electrons. The summed E-state index contributed by atoms with van der Waals surface area (Å²) in [7, 11) is 0. The molecule has 0 aliphatic carbocycles. The highest BCUT2D eigenvalue weighted by molar-refractivity contribution is 5.05. The van der Waals surface area contributed by atoms with Crippen LogP contribution >= 0.6 is 0 Å². The Morgan fingerprint density at radius 3 is 3.33 bits per heavy atom. The fraction of sp³-hybridized carbons (Fsp3) is 0.444. The first kappa shape index (κ1) is 7.71. The predicted molar refractivity (Wildman–Crippen MR) is 44.6 cm³/mol. The van der Waals surface area contributed by atoms with Gasteiger partial charge < -0.3 is 10.1 Å². The van der Waals surface area contributed by atoms with E-state index >= 15 is 0 Å².